The number of nitrogens with zero attached hydrogens (tertiary/aromatic N) is 2. The number of carbonyl (C=O) groups excluding carboxylic acids is 1. The van der Waals surface area contributed by atoms with Crippen LogP contribution in [0.5, 0.6) is 0 Å². The highest BCUT2D eigenvalue weighted by Gasteiger charge is 2.38. The monoisotopic (exact) mass is 385 g/mol. The Morgan fingerprint density at radius 2 is 1.88 bits per heavy atom. The van der Waals surface area contributed by atoms with Crippen LogP contribution in [-0.4, -0.2) is 63.3 Å². The third kappa shape index (κ3) is 4.00. The summed E-state index contributed by atoms with van der Waals surface area (Å²) >= 11 is 5.80. The molecule has 0 aromatic heterocycles. The van der Waals surface area contributed by atoms with Gasteiger partial charge in [0.15, 0.2) is 0 Å². The minimum Gasteiger partial charge on any atom is -0.342 e. The molecule has 2 saturated heterocycles. The molecule has 0 radical (unpaired) electrons. The Hall–Kier alpha value is -1.15. The van der Waals surface area contributed by atoms with Crippen molar-refractivity contribution in [1.29, 1.82) is 0 Å². The molecule has 0 saturated carbocycles. The van der Waals surface area contributed by atoms with Gasteiger partial charge in [0.05, 0.1) is 11.4 Å². The van der Waals surface area contributed by atoms with Crippen molar-refractivity contribution in [2.45, 2.75) is 24.2 Å². The number of sulfonamides is 1. The molecule has 0 unspecified atom stereocenters. The zero-order valence-corrected chi connectivity index (χ0v) is 15.9. The first-order valence-corrected chi connectivity index (χ1v) is 10.3. The maximum atomic E-state index is 12.6. The van der Waals surface area contributed by atoms with Gasteiger partial charge in [0, 0.05) is 31.7 Å². The Morgan fingerprint density at radius 1 is 1.24 bits per heavy atom. The lowest BCUT2D eigenvalue weighted by Crippen LogP contribution is -2.47. The Kier molecular flexibility index (Phi) is 5.39. The summed E-state index contributed by atoms with van der Waals surface area (Å²) in [4.78, 5) is 14.5. The van der Waals surface area contributed by atoms with Gasteiger partial charge in [0.1, 0.15) is 0 Å². The number of nitrogens with one attached hydrogen (secondary N) is 1. The summed E-state index contributed by atoms with van der Waals surface area (Å²) in [5.74, 6) is -0.138. The number of halogens is 1. The van der Waals surface area contributed by atoms with Crippen molar-refractivity contribution in [2.75, 3.05) is 39.8 Å². The highest BCUT2D eigenvalue weighted by Crippen LogP contribution is 2.36. The molecule has 3 rings (SSSR count). The summed E-state index contributed by atoms with van der Waals surface area (Å²) in [6, 6.07) is 5.97. The third-order valence-corrected chi connectivity index (χ3v) is 7.46. The predicted octanol–water partition coefficient (Wildman–Crippen LogP) is 1.56. The van der Waals surface area contributed by atoms with Gasteiger partial charge in [0.25, 0.3) is 0 Å². The average Bonchev–Trinajstić information content (AvgIpc) is 3.03. The second kappa shape index (κ2) is 7.23. The van der Waals surface area contributed by atoms with E-state index in [9.17, 15) is 13.2 Å². The van der Waals surface area contributed by atoms with E-state index < -0.39 is 10.0 Å². The van der Waals surface area contributed by atoms with Crippen LogP contribution in [0.1, 0.15) is 19.3 Å². The number of benzene rings is 1. The lowest BCUT2D eigenvalue weighted by atomic mass is 9.78. The largest absolute Gasteiger partial charge is 0.342 e. The first kappa shape index (κ1) is 18.6. The molecule has 25 heavy (non-hydrogen) atoms. The van der Waals surface area contributed by atoms with Gasteiger partial charge in [0.2, 0.25) is 15.9 Å². The zero-order chi connectivity index (χ0) is 18.1. The summed E-state index contributed by atoms with van der Waals surface area (Å²) in [6.45, 7) is 3.34. The van der Waals surface area contributed by atoms with Crippen molar-refractivity contribution >= 4 is 27.5 Å². The lowest BCUT2D eigenvalue weighted by molar-refractivity contribution is -0.133. The molecular formula is C17H24ClN3O3S. The van der Waals surface area contributed by atoms with E-state index in [0.717, 1.165) is 30.2 Å². The predicted molar refractivity (Wildman–Crippen MR) is 97.0 cm³/mol. The van der Waals surface area contributed by atoms with E-state index >= 15 is 0 Å². The maximum absolute atomic E-state index is 12.6. The second-order valence-electron chi connectivity index (χ2n) is 7.02. The second-order valence-corrected chi connectivity index (χ2v) is 9.50. The molecule has 0 aliphatic carbocycles. The van der Waals surface area contributed by atoms with Crippen LogP contribution in [-0.2, 0) is 14.8 Å². The van der Waals surface area contributed by atoms with E-state index in [1.807, 2.05) is 0 Å². The number of hydrogen-bond acceptors (Lipinski definition) is 4. The van der Waals surface area contributed by atoms with Gasteiger partial charge >= 0.3 is 0 Å². The van der Waals surface area contributed by atoms with Gasteiger partial charge in [-0.15, -0.1) is 0 Å². The Morgan fingerprint density at radius 3 is 2.44 bits per heavy atom. The average molecular weight is 386 g/mol. The number of piperidine rings is 1. The molecule has 2 fully saturated rings. The quantitative estimate of drug-likeness (QED) is 0.854. The van der Waals surface area contributed by atoms with Crippen molar-refractivity contribution in [3.8, 4) is 0 Å². The van der Waals surface area contributed by atoms with E-state index in [1.54, 1.807) is 4.90 Å². The van der Waals surface area contributed by atoms with E-state index in [2.05, 4.69) is 5.32 Å². The van der Waals surface area contributed by atoms with Gasteiger partial charge in [-0.2, -0.15) is 4.31 Å². The Balaban J connectivity index is 1.59. The van der Waals surface area contributed by atoms with Gasteiger partial charge < -0.3 is 10.2 Å². The SMILES string of the molecule is CN(CC(=O)N1CCC2(CCNC2)CC1)S(=O)(=O)c1ccc(Cl)cc1. The summed E-state index contributed by atoms with van der Waals surface area (Å²) < 4.78 is 26.3. The van der Waals surface area contributed by atoms with Crippen LogP contribution in [0.4, 0.5) is 0 Å². The number of amides is 1. The third-order valence-electron chi connectivity index (χ3n) is 5.39. The molecular weight excluding hydrogens is 362 g/mol. The van der Waals surface area contributed by atoms with Crippen molar-refractivity contribution in [3.63, 3.8) is 0 Å². The Labute approximate surface area is 154 Å². The van der Waals surface area contributed by atoms with Crippen LogP contribution in [0.2, 0.25) is 5.02 Å². The van der Waals surface area contributed by atoms with E-state index in [1.165, 1.54) is 37.7 Å². The molecule has 1 spiro atoms. The summed E-state index contributed by atoms with van der Waals surface area (Å²) in [7, 11) is -2.26. The standard InChI is InChI=1S/C17H24ClN3O3S/c1-20(25(23,24)15-4-2-14(18)3-5-15)12-16(22)21-10-7-17(8-11-21)6-9-19-13-17/h2-5,19H,6-13H2,1H3. The molecule has 1 aromatic carbocycles. The molecule has 1 aromatic rings. The highest BCUT2D eigenvalue weighted by atomic mass is 35.5. The van der Waals surface area contributed by atoms with Crippen LogP contribution in [0.15, 0.2) is 29.2 Å². The van der Waals surface area contributed by atoms with Gasteiger partial charge in [-0.3, -0.25) is 4.79 Å². The molecule has 138 valence electrons. The highest BCUT2D eigenvalue weighted by molar-refractivity contribution is 7.89. The van der Waals surface area contributed by atoms with Crippen molar-refractivity contribution in [2.24, 2.45) is 5.41 Å². The summed E-state index contributed by atoms with van der Waals surface area (Å²) in [5.41, 5.74) is 0.331. The Bertz CT molecular complexity index is 720. The van der Waals surface area contributed by atoms with Crippen molar-refractivity contribution < 1.29 is 13.2 Å². The number of likely N-dealkylation sites (tertiary alicyclic amines) is 1. The van der Waals surface area contributed by atoms with Crippen LogP contribution < -0.4 is 5.32 Å². The van der Waals surface area contributed by atoms with Crippen LogP contribution in [0.3, 0.4) is 0 Å². The molecule has 1 N–H and O–H groups in total. The lowest BCUT2D eigenvalue weighted by Gasteiger charge is -2.39. The van der Waals surface area contributed by atoms with Gasteiger partial charge in [-0.25, -0.2) is 8.42 Å². The fourth-order valence-corrected chi connectivity index (χ4v) is 4.86. The minimum atomic E-state index is -3.69. The van der Waals surface area contributed by atoms with Crippen molar-refractivity contribution in [1.82, 2.24) is 14.5 Å². The fourth-order valence-electron chi connectivity index (χ4n) is 3.61. The fraction of sp³-hybridized carbons (Fsp3) is 0.588. The summed E-state index contributed by atoms with van der Waals surface area (Å²) in [6.07, 6.45) is 3.14. The molecule has 1 amide bonds. The van der Waals surface area contributed by atoms with Gasteiger partial charge in [-0.1, -0.05) is 11.6 Å². The first-order valence-electron chi connectivity index (χ1n) is 8.53. The van der Waals surface area contributed by atoms with Gasteiger partial charge in [-0.05, 0) is 55.5 Å². The molecule has 2 heterocycles. The van der Waals surface area contributed by atoms with Crippen LogP contribution in [0.25, 0.3) is 0 Å². The van der Waals surface area contributed by atoms with E-state index in [-0.39, 0.29) is 17.3 Å². The van der Waals surface area contributed by atoms with E-state index in [0.29, 0.717) is 23.5 Å². The normalized spacial score (nSPS) is 20.4. The molecule has 8 heteroatoms. The first-order chi connectivity index (χ1) is 11.8. The number of hydrogen-bond donors (Lipinski definition) is 1. The van der Waals surface area contributed by atoms with Crippen LogP contribution >= 0.6 is 11.6 Å². The molecule has 6 nitrogen and oxygen atoms in total. The molecule has 0 atom stereocenters. The summed E-state index contributed by atoms with van der Waals surface area (Å²) in [5, 5.41) is 3.87. The number of rotatable bonds is 4. The molecule has 2 aliphatic heterocycles. The van der Waals surface area contributed by atoms with E-state index in [4.69, 9.17) is 11.6 Å². The van der Waals surface area contributed by atoms with Crippen molar-refractivity contribution in [3.05, 3.63) is 29.3 Å². The maximum Gasteiger partial charge on any atom is 0.243 e. The number of carbonyl (C=O) groups is 1. The molecule has 2 aliphatic rings. The topological polar surface area (TPSA) is 69.7 Å². The minimum absolute atomic E-state index is 0.138. The molecule has 0 bridgehead atoms. The number of likely N-dealkylation sites (N-methyl/N-ethyl adjacent to an activating group) is 1. The zero-order valence-electron chi connectivity index (χ0n) is 14.4. The smallest absolute Gasteiger partial charge is 0.243 e. The van der Waals surface area contributed by atoms with Crippen LogP contribution in [0, 0.1) is 5.41 Å².